The van der Waals surface area contributed by atoms with Gasteiger partial charge in [0.1, 0.15) is 5.75 Å². The van der Waals surface area contributed by atoms with Gasteiger partial charge >= 0.3 is 0 Å². The summed E-state index contributed by atoms with van der Waals surface area (Å²) in [7, 11) is 1.70. The van der Waals surface area contributed by atoms with Crippen molar-refractivity contribution in [3.05, 3.63) is 29.8 Å². The maximum atomic E-state index is 5.57. The van der Waals surface area contributed by atoms with Crippen molar-refractivity contribution in [2.45, 2.75) is 44.9 Å². The van der Waals surface area contributed by atoms with E-state index in [1.165, 1.54) is 5.56 Å². The molecule has 0 aliphatic carbocycles. The summed E-state index contributed by atoms with van der Waals surface area (Å²) in [6, 6.07) is 9.26. The summed E-state index contributed by atoms with van der Waals surface area (Å²) in [5, 5.41) is 3.65. The van der Waals surface area contributed by atoms with Gasteiger partial charge < -0.3 is 14.8 Å². The van der Waals surface area contributed by atoms with E-state index in [9.17, 15) is 0 Å². The molecule has 3 atom stereocenters. The second-order valence-electron chi connectivity index (χ2n) is 5.09. The molecular weight excluding hydrogens is 226 g/mol. The molecule has 3 unspecified atom stereocenters. The summed E-state index contributed by atoms with van der Waals surface area (Å²) in [5.41, 5.74) is 1.34. The molecule has 1 saturated heterocycles. The molecule has 1 aromatic carbocycles. The molecule has 0 bridgehead atoms. The molecule has 3 nitrogen and oxygen atoms in total. The van der Waals surface area contributed by atoms with E-state index < -0.39 is 0 Å². The van der Waals surface area contributed by atoms with Crippen molar-refractivity contribution in [1.82, 2.24) is 5.32 Å². The van der Waals surface area contributed by atoms with Crippen LogP contribution in [-0.2, 0) is 11.2 Å². The molecule has 18 heavy (non-hydrogen) atoms. The SMILES string of the molecule is COc1ccc(CC(C)NC2CCOC2C)cc1. The van der Waals surface area contributed by atoms with Crippen molar-refractivity contribution in [3.8, 4) is 5.75 Å². The minimum Gasteiger partial charge on any atom is -0.497 e. The number of ether oxygens (including phenoxy) is 2. The van der Waals surface area contributed by atoms with E-state index >= 15 is 0 Å². The van der Waals surface area contributed by atoms with Crippen molar-refractivity contribution in [2.75, 3.05) is 13.7 Å². The Balaban J connectivity index is 1.84. The van der Waals surface area contributed by atoms with Crippen molar-refractivity contribution < 1.29 is 9.47 Å². The van der Waals surface area contributed by atoms with Crippen LogP contribution in [0.3, 0.4) is 0 Å². The Morgan fingerprint density at radius 2 is 2.11 bits per heavy atom. The Bertz CT molecular complexity index is 363. The number of benzene rings is 1. The van der Waals surface area contributed by atoms with Crippen LogP contribution in [0.25, 0.3) is 0 Å². The largest absolute Gasteiger partial charge is 0.497 e. The molecule has 0 saturated carbocycles. The van der Waals surface area contributed by atoms with Crippen LogP contribution < -0.4 is 10.1 Å². The zero-order chi connectivity index (χ0) is 13.0. The van der Waals surface area contributed by atoms with Crippen LogP contribution in [0.5, 0.6) is 5.75 Å². The minimum absolute atomic E-state index is 0.336. The van der Waals surface area contributed by atoms with Gasteiger partial charge in [0.15, 0.2) is 0 Å². The number of hydrogen-bond donors (Lipinski definition) is 1. The van der Waals surface area contributed by atoms with Crippen LogP contribution in [0.2, 0.25) is 0 Å². The van der Waals surface area contributed by atoms with Crippen LogP contribution in [0.1, 0.15) is 25.8 Å². The molecule has 1 aliphatic heterocycles. The standard InChI is InChI=1S/C15H23NO2/c1-11(16-15-8-9-18-12(15)2)10-13-4-6-14(17-3)7-5-13/h4-7,11-12,15-16H,8-10H2,1-3H3. The summed E-state index contributed by atoms with van der Waals surface area (Å²) in [4.78, 5) is 0. The lowest BCUT2D eigenvalue weighted by Gasteiger charge is -2.21. The molecule has 1 fully saturated rings. The van der Waals surface area contributed by atoms with Crippen LogP contribution in [0.4, 0.5) is 0 Å². The van der Waals surface area contributed by atoms with Gasteiger partial charge in [-0.05, 0) is 44.4 Å². The summed E-state index contributed by atoms with van der Waals surface area (Å²) in [5.74, 6) is 0.914. The number of nitrogens with one attached hydrogen (secondary N) is 1. The van der Waals surface area contributed by atoms with Crippen molar-refractivity contribution in [1.29, 1.82) is 0 Å². The lowest BCUT2D eigenvalue weighted by Crippen LogP contribution is -2.41. The fourth-order valence-corrected chi connectivity index (χ4v) is 2.49. The van der Waals surface area contributed by atoms with Gasteiger partial charge in [-0.3, -0.25) is 0 Å². The average molecular weight is 249 g/mol. The van der Waals surface area contributed by atoms with Gasteiger partial charge in [0.25, 0.3) is 0 Å². The lowest BCUT2D eigenvalue weighted by atomic mass is 10.0. The van der Waals surface area contributed by atoms with Crippen molar-refractivity contribution in [3.63, 3.8) is 0 Å². The normalized spacial score (nSPS) is 25.1. The zero-order valence-corrected chi connectivity index (χ0v) is 11.5. The Kier molecular flexibility index (Phi) is 4.61. The number of methoxy groups -OCH3 is 1. The van der Waals surface area contributed by atoms with E-state index in [-0.39, 0.29) is 0 Å². The molecular formula is C15H23NO2. The fraction of sp³-hybridized carbons (Fsp3) is 0.600. The highest BCUT2D eigenvalue weighted by atomic mass is 16.5. The maximum Gasteiger partial charge on any atom is 0.118 e. The van der Waals surface area contributed by atoms with Gasteiger partial charge in [-0.25, -0.2) is 0 Å². The predicted octanol–water partition coefficient (Wildman–Crippen LogP) is 2.39. The third kappa shape index (κ3) is 3.47. The van der Waals surface area contributed by atoms with Crippen LogP contribution in [0, 0.1) is 0 Å². The summed E-state index contributed by atoms with van der Waals surface area (Å²) in [6.07, 6.45) is 2.49. The van der Waals surface area contributed by atoms with Crippen molar-refractivity contribution >= 4 is 0 Å². The molecule has 2 rings (SSSR count). The molecule has 1 aliphatic rings. The molecule has 1 N–H and O–H groups in total. The topological polar surface area (TPSA) is 30.5 Å². The van der Waals surface area contributed by atoms with Gasteiger partial charge in [-0.1, -0.05) is 12.1 Å². The monoisotopic (exact) mass is 249 g/mol. The highest BCUT2D eigenvalue weighted by Gasteiger charge is 2.24. The second kappa shape index (κ2) is 6.21. The van der Waals surface area contributed by atoms with E-state index in [0.29, 0.717) is 18.2 Å². The highest BCUT2D eigenvalue weighted by Crippen LogP contribution is 2.16. The average Bonchev–Trinajstić information content (AvgIpc) is 2.76. The molecule has 1 aromatic rings. The molecule has 0 amide bonds. The minimum atomic E-state index is 0.336. The first-order valence-electron chi connectivity index (χ1n) is 6.69. The molecule has 0 spiro atoms. The third-order valence-electron chi connectivity index (χ3n) is 3.58. The van der Waals surface area contributed by atoms with E-state index in [1.807, 2.05) is 12.1 Å². The summed E-state index contributed by atoms with van der Waals surface area (Å²) in [6.45, 7) is 5.26. The van der Waals surface area contributed by atoms with E-state index in [0.717, 1.165) is 25.2 Å². The molecule has 0 aromatic heterocycles. The van der Waals surface area contributed by atoms with Crippen LogP contribution in [0.15, 0.2) is 24.3 Å². The summed E-state index contributed by atoms with van der Waals surface area (Å²) < 4.78 is 10.7. The van der Waals surface area contributed by atoms with E-state index in [4.69, 9.17) is 9.47 Å². The molecule has 3 heteroatoms. The first-order chi connectivity index (χ1) is 8.69. The number of hydrogen-bond acceptors (Lipinski definition) is 3. The number of rotatable bonds is 5. The van der Waals surface area contributed by atoms with Gasteiger partial charge in [0, 0.05) is 18.7 Å². The summed E-state index contributed by atoms with van der Waals surface area (Å²) >= 11 is 0. The molecule has 100 valence electrons. The first-order valence-corrected chi connectivity index (χ1v) is 6.69. The predicted molar refractivity (Wildman–Crippen MR) is 73.1 cm³/mol. The van der Waals surface area contributed by atoms with Gasteiger partial charge in [-0.15, -0.1) is 0 Å². The Labute approximate surface area is 109 Å². The maximum absolute atomic E-state index is 5.57. The first kappa shape index (κ1) is 13.4. The molecule has 0 radical (unpaired) electrons. The molecule has 1 heterocycles. The Morgan fingerprint density at radius 1 is 1.39 bits per heavy atom. The Hall–Kier alpha value is -1.06. The highest BCUT2D eigenvalue weighted by molar-refractivity contribution is 5.27. The Morgan fingerprint density at radius 3 is 2.67 bits per heavy atom. The third-order valence-corrected chi connectivity index (χ3v) is 3.58. The van der Waals surface area contributed by atoms with Gasteiger partial charge in [-0.2, -0.15) is 0 Å². The van der Waals surface area contributed by atoms with Crippen LogP contribution in [-0.4, -0.2) is 31.9 Å². The van der Waals surface area contributed by atoms with Gasteiger partial charge in [0.2, 0.25) is 0 Å². The fourth-order valence-electron chi connectivity index (χ4n) is 2.49. The van der Waals surface area contributed by atoms with Gasteiger partial charge in [0.05, 0.1) is 13.2 Å². The van der Waals surface area contributed by atoms with Crippen molar-refractivity contribution in [2.24, 2.45) is 0 Å². The smallest absolute Gasteiger partial charge is 0.118 e. The zero-order valence-electron chi connectivity index (χ0n) is 11.5. The quantitative estimate of drug-likeness (QED) is 0.869. The van der Waals surface area contributed by atoms with E-state index in [1.54, 1.807) is 7.11 Å². The van der Waals surface area contributed by atoms with Crippen LogP contribution >= 0.6 is 0 Å². The second-order valence-corrected chi connectivity index (χ2v) is 5.09. The van der Waals surface area contributed by atoms with E-state index in [2.05, 4.69) is 31.3 Å². The lowest BCUT2D eigenvalue weighted by molar-refractivity contribution is 0.111.